The predicted molar refractivity (Wildman–Crippen MR) is 73.4 cm³/mol. The van der Waals surface area contributed by atoms with Crippen molar-refractivity contribution < 1.29 is 4.74 Å². The Balaban J connectivity index is 2.73. The number of unbranched alkanes of at least 4 members (excludes halogenated alkanes) is 1. The molecule has 0 saturated heterocycles. The highest BCUT2D eigenvalue weighted by Crippen LogP contribution is 2.34. The fraction of sp³-hybridized carbons (Fsp3) is 0.538. The van der Waals surface area contributed by atoms with Crippen molar-refractivity contribution in [3.8, 4) is 5.75 Å². The van der Waals surface area contributed by atoms with Gasteiger partial charge in [0, 0.05) is 4.47 Å². The first-order chi connectivity index (χ1) is 7.69. The Morgan fingerprint density at radius 3 is 2.69 bits per heavy atom. The first-order valence-corrected chi connectivity index (χ1v) is 6.98. The molecule has 1 aromatic rings. The van der Waals surface area contributed by atoms with Crippen molar-refractivity contribution >= 4 is 27.5 Å². The summed E-state index contributed by atoms with van der Waals surface area (Å²) < 4.78 is 6.47. The van der Waals surface area contributed by atoms with Gasteiger partial charge in [0.05, 0.1) is 12.0 Å². The first kappa shape index (κ1) is 13.9. The molecule has 90 valence electrons. The summed E-state index contributed by atoms with van der Waals surface area (Å²) in [7, 11) is 0. The van der Waals surface area contributed by atoms with Crippen LogP contribution < -0.4 is 4.74 Å². The Morgan fingerprint density at radius 1 is 1.38 bits per heavy atom. The molecule has 1 aromatic carbocycles. The summed E-state index contributed by atoms with van der Waals surface area (Å²) in [5.41, 5.74) is 1.15. The fourth-order valence-corrected chi connectivity index (χ4v) is 2.67. The average molecular weight is 306 g/mol. The van der Waals surface area contributed by atoms with E-state index in [1.807, 2.05) is 25.1 Å². The van der Waals surface area contributed by atoms with Gasteiger partial charge < -0.3 is 4.74 Å². The summed E-state index contributed by atoms with van der Waals surface area (Å²) >= 11 is 9.89. The van der Waals surface area contributed by atoms with Gasteiger partial charge in [0.1, 0.15) is 5.75 Å². The highest BCUT2D eigenvalue weighted by Gasteiger charge is 2.11. The van der Waals surface area contributed by atoms with Crippen molar-refractivity contribution in [2.24, 2.45) is 0 Å². The van der Waals surface area contributed by atoms with Gasteiger partial charge >= 0.3 is 0 Å². The molecule has 16 heavy (non-hydrogen) atoms. The molecule has 0 aliphatic carbocycles. The molecule has 1 rings (SSSR count). The second kappa shape index (κ2) is 7.18. The lowest BCUT2D eigenvalue weighted by atomic mass is 10.1. The molecule has 0 fully saturated rings. The molecular formula is C13H18BrClO. The van der Waals surface area contributed by atoms with E-state index in [1.165, 1.54) is 6.42 Å². The fourth-order valence-electron chi connectivity index (χ4n) is 1.56. The van der Waals surface area contributed by atoms with Gasteiger partial charge in [-0.3, -0.25) is 0 Å². The molecule has 1 unspecified atom stereocenters. The highest BCUT2D eigenvalue weighted by atomic mass is 79.9. The summed E-state index contributed by atoms with van der Waals surface area (Å²) in [6, 6.07) is 6.01. The van der Waals surface area contributed by atoms with Gasteiger partial charge in [-0.15, -0.1) is 11.6 Å². The van der Waals surface area contributed by atoms with E-state index in [0.717, 1.165) is 28.6 Å². The zero-order valence-electron chi connectivity index (χ0n) is 9.80. The van der Waals surface area contributed by atoms with Crippen molar-refractivity contribution in [1.29, 1.82) is 0 Å². The Morgan fingerprint density at radius 2 is 2.12 bits per heavy atom. The van der Waals surface area contributed by atoms with Crippen LogP contribution in [0.25, 0.3) is 0 Å². The van der Waals surface area contributed by atoms with Gasteiger partial charge in [-0.2, -0.15) is 0 Å². The van der Waals surface area contributed by atoms with Gasteiger partial charge in [-0.25, -0.2) is 0 Å². The number of hydrogen-bond acceptors (Lipinski definition) is 1. The van der Waals surface area contributed by atoms with Crippen LogP contribution in [0.1, 0.15) is 44.1 Å². The molecule has 0 heterocycles. The maximum atomic E-state index is 6.35. The van der Waals surface area contributed by atoms with E-state index in [1.54, 1.807) is 0 Å². The van der Waals surface area contributed by atoms with E-state index in [2.05, 4.69) is 22.9 Å². The maximum Gasteiger partial charge on any atom is 0.120 e. The zero-order chi connectivity index (χ0) is 12.0. The minimum atomic E-state index is 0.0880. The molecule has 0 saturated carbocycles. The summed E-state index contributed by atoms with van der Waals surface area (Å²) in [4.78, 5) is 0. The van der Waals surface area contributed by atoms with Crippen LogP contribution in [0.3, 0.4) is 0 Å². The van der Waals surface area contributed by atoms with Crippen molar-refractivity contribution in [3.63, 3.8) is 0 Å². The number of rotatable bonds is 6. The molecule has 0 aliphatic heterocycles. The second-order valence-electron chi connectivity index (χ2n) is 3.73. The molecule has 1 nitrogen and oxygen atoms in total. The van der Waals surface area contributed by atoms with Crippen molar-refractivity contribution in [1.82, 2.24) is 0 Å². The average Bonchev–Trinajstić information content (AvgIpc) is 2.26. The van der Waals surface area contributed by atoms with Crippen LogP contribution in [-0.4, -0.2) is 6.61 Å². The number of hydrogen-bond donors (Lipinski definition) is 0. The third kappa shape index (κ3) is 3.99. The van der Waals surface area contributed by atoms with Crippen molar-refractivity contribution in [3.05, 3.63) is 28.2 Å². The normalized spacial score (nSPS) is 12.5. The number of benzene rings is 1. The van der Waals surface area contributed by atoms with Crippen LogP contribution >= 0.6 is 27.5 Å². The van der Waals surface area contributed by atoms with E-state index >= 15 is 0 Å². The molecule has 0 N–H and O–H groups in total. The summed E-state index contributed by atoms with van der Waals surface area (Å²) in [5.74, 6) is 0.887. The van der Waals surface area contributed by atoms with Crippen molar-refractivity contribution in [2.75, 3.05) is 6.61 Å². The first-order valence-electron chi connectivity index (χ1n) is 5.75. The van der Waals surface area contributed by atoms with Crippen LogP contribution in [0.2, 0.25) is 0 Å². The SMILES string of the molecule is CCCCC(Cl)c1ccc(OCC)cc1Br. The summed E-state index contributed by atoms with van der Waals surface area (Å²) in [5, 5.41) is 0.0880. The summed E-state index contributed by atoms with van der Waals surface area (Å²) in [6.07, 6.45) is 3.36. The van der Waals surface area contributed by atoms with Crippen molar-refractivity contribution in [2.45, 2.75) is 38.5 Å². The Hall–Kier alpha value is -0.210. The van der Waals surface area contributed by atoms with E-state index in [-0.39, 0.29) is 5.38 Å². The molecule has 0 aliphatic rings. The number of ether oxygens (including phenoxy) is 1. The monoisotopic (exact) mass is 304 g/mol. The van der Waals surface area contributed by atoms with Crippen LogP contribution in [0.4, 0.5) is 0 Å². The minimum absolute atomic E-state index is 0.0880. The van der Waals surface area contributed by atoms with Gasteiger partial charge in [0.25, 0.3) is 0 Å². The Kier molecular flexibility index (Phi) is 6.22. The quantitative estimate of drug-likeness (QED) is 0.646. The molecule has 0 aromatic heterocycles. The van der Waals surface area contributed by atoms with Gasteiger partial charge in [0.15, 0.2) is 0 Å². The van der Waals surface area contributed by atoms with Crippen LogP contribution in [0.5, 0.6) is 5.75 Å². The Labute approximate surface area is 111 Å². The lowest BCUT2D eigenvalue weighted by Gasteiger charge is -2.12. The van der Waals surface area contributed by atoms with Gasteiger partial charge in [-0.05, 0) is 31.0 Å². The second-order valence-corrected chi connectivity index (χ2v) is 5.11. The van der Waals surface area contributed by atoms with Crippen LogP contribution in [0, 0.1) is 0 Å². The minimum Gasteiger partial charge on any atom is -0.494 e. The third-order valence-corrected chi connectivity index (χ3v) is 3.57. The third-order valence-electron chi connectivity index (χ3n) is 2.43. The van der Waals surface area contributed by atoms with E-state index in [9.17, 15) is 0 Å². The van der Waals surface area contributed by atoms with Crippen LogP contribution in [-0.2, 0) is 0 Å². The number of alkyl halides is 1. The van der Waals surface area contributed by atoms with E-state index in [0.29, 0.717) is 6.61 Å². The van der Waals surface area contributed by atoms with E-state index < -0.39 is 0 Å². The van der Waals surface area contributed by atoms with Gasteiger partial charge in [-0.1, -0.05) is 41.8 Å². The molecule has 3 heteroatoms. The summed E-state index contributed by atoms with van der Waals surface area (Å²) in [6.45, 7) is 4.84. The van der Waals surface area contributed by atoms with Gasteiger partial charge in [0.2, 0.25) is 0 Å². The standard InChI is InChI=1S/C13H18BrClO/c1-3-5-6-13(15)11-8-7-10(16-4-2)9-12(11)14/h7-9,13H,3-6H2,1-2H3. The molecular weight excluding hydrogens is 287 g/mol. The molecule has 1 atom stereocenters. The molecule has 0 spiro atoms. The largest absolute Gasteiger partial charge is 0.494 e. The van der Waals surface area contributed by atoms with E-state index in [4.69, 9.17) is 16.3 Å². The number of halogens is 2. The van der Waals surface area contributed by atoms with Crippen LogP contribution in [0.15, 0.2) is 22.7 Å². The smallest absolute Gasteiger partial charge is 0.120 e. The zero-order valence-corrected chi connectivity index (χ0v) is 12.1. The highest BCUT2D eigenvalue weighted by molar-refractivity contribution is 9.10. The molecule has 0 bridgehead atoms. The predicted octanol–water partition coefficient (Wildman–Crippen LogP) is 5.32. The molecule has 0 radical (unpaired) electrons. The molecule has 0 amide bonds. The lowest BCUT2D eigenvalue weighted by Crippen LogP contribution is -1.95. The lowest BCUT2D eigenvalue weighted by molar-refractivity contribution is 0.340. The maximum absolute atomic E-state index is 6.35. The topological polar surface area (TPSA) is 9.23 Å². The Bertz CT molecular complexity index is 328.